The molecule has 1 saturated heterocycles. The summed E-state index contributed by atoms with van der Waals surface area (Å²) in [4.78, 5) is 27.2. The summed E-state index contributed by atoms with van der Waals surface area (Å²) in [5, 5.41) is 2.97. The van der Waals surface area contributed by atoms with E-state index in [2.05, 4.69) is 17.1 Å². The average molecular weight is 339 g/mol. The molecule has 1 atom stereocenters. The topological polar surface area (TPSA) is 84.7 Å². The molecule has 3 N–H and O–H groups in total. The smallest absolute Gasteiger partial charge is 0.341 e. The molecular formula is C16H25N3O3S. The van der Waals surface area contributed by atoms with Crippen LogP contribution >= 0.6 is 11.3 Å². The molecule has 7 heteroatoms. The van der Waals surface area contributed by atoms with E-state index in [0.29, 0.717) is 33.5 Å². The van der Waals surface area contributed by atoms with Gasteiger partial charge in [-0.3, -0.25) is 9.69 Å². The number of esters is 1. The van der Waals surface area contributed by atoms with Crippen LogP contribution in [0.2, 0.25) is 0 Å². The first kappa shape index (κ1) is 17.7. The second-order valence-electron chi connectivity index (χ2n) is 5.93. The highest BCUT2D eigenvalue weighted by Gasteiger charge is 2.28. The van der Waals surface area contributed by atoms with Crippen LogP contribution < -0.4 is 11.1 Å². The molecule has 0 bridgehead atoms. The van der Waals surface area contributed by atoms with Gasteiger partial charge in [0.2, 0.25) is 0 Å². The first-order valence-corrected chi connectivity index (χ1v) is 8.82. The quantitative estimate of drug-likeness (QED) is 0.803. The first-order chi connectivity index (χ1) is 11.0. The van der Waals surface area contributed by atoms with Crippen LogP contribution in [0.5, 0.6) is 0 Å². The molecular weight excluding hydrogens is 314 g/mol. The second kappa shape index (κ2) is 7.79. The van der Waals surface area contributed by atoms with Gasteiger partial charge in [-0.2, -0.15) is 0 Å². The van der Waals surface area contributed by atoms with Crippen molar-refractivity contribution in [3.63, 3.8) is 0 Å². The van der Waals surface area contributed by atoms with Crippen molar-refractivity contribution in [3.8, 4) is 0 Å². The molecule has 0 aliphatic carbocycles. The van der Waals surface area contributed by atoms with E-state index in [4.69, 9.17) is 10.5 Å². The number of piperidine rings is 1. The molecule has 6 nitrogen and oxygen atoms in total. The van der Waals surface area contributed by atoms with Gasteiger partial charge < -0.3 is 15.8 Å². The Bertz CT molecular complexity index is 585. The number of thiophene rings is 1. The molecule has 0 spiro atoms. The molecule has 1 aromatic rings. The Hall–Kier alpha value is -1.60. The highest BCUT2D eigenvalue weighted by atomic mass is 32.1. The normalized spacial score (nSPS) is 18.7. The average Bonchev–Trinajstić information content (AvgIpc) is 2.83. The lowest BCUT2D eigenvalue weighted by atomic mass is 9.99. The number of carbonyl (C=O) groups is 2. The van der Waals surface area contributed by atoms with E-state index in [1.165, 1.54) is 6.42 Å². The van der Waals surface area contributed by atoms with E-state index in [1.807, 2.05) is 0 Å². The minimum absolute atomic E-state index is 0.211. The van der Waals surface area contributed by atoms with Crippen LogP contribution in [0.15, 0.2) is 0 Å². The molecule has 1 amide bonds. The highest BCUT2D eigenvalue weighted by molar-refractivity contribution is 7.18. The summed E-state index contributed by atoms with van der Waals surface area (Å²) in [7, 11) is 1.58. The summed E-state index contributed by atoms with van der Waals surface area (Å²) in [6.07, 6.45) is 2.35. The number of rotatable bonds is 5. The van der Waals surface area contributed by atoms with Crippen molar-refractivity contribution in [3.05, 3.63) is 16.0 Å². The van der Waals surface area contributed by atoms with Crippen LogP contribution in [0.4, 0.5) is 5.00 Å². The van der Waals surface area contributed by atoms with Gasteiger partial charge in [0.05, 0.1) is 17.0 Å². The van der Waals surface area contributed by atoms with E-state index < -0.39 is 5.97 Å². The number of nitrogen functional groups attached to an aromatic ring is 1. The van der Waals surface area contributed by atoms with E-state index >= 15 is 0 Å². The van der Waals surface area contributed by atoms with Gasteiger partial charge in [-0.25, -0.2) is 4.79 Å². The van der Waals surface area contributed by atoms with E-state index in [0.717, 1.165) is 30.8 Å². The summed E-state index contributed by atoms with van der Waals surface area (Å²) in [5.41, 5.74) is 7.07. The van der Waals surface area contributed by atoms with Crippen LogP contribution in [0.3, 0.4) is 0 Å². The standard InChI is InChI=1S/C16H25N3O3S/c1-4-22-16(21)12-11(9-19-7-5-6-10(2)8-19)13(15(20)18-3)23-14(12)17/h10H,4-9,17H2,1-3H3,(H,18,20)/t10-/m1/s1. The lowest BCUT2D eigenvalue weighted by molar-refractivity contribution is 0.0525. The largest absolute Gasteiger partial charge is 0.462 e. The number of carbonyl (C=O) groups excluding carboxylic acids is 2. The van der Waals surface area contributed by atoms with E-state index in [-0.39, 0.29) is 12.5 Å². The number of hydrogen-bond acceptors (Lipinski definition) is 6. The Morgan fingerprint density at radius 3 is 2.83 bits per heavy atom. The van der Waals surface area contributed by atoms with Crippen molar-refractivity contribution in [2.24, 2.45) is 5.92 Å². The number of nitrogens with zero attached hydrogens (tertiary/aromatic N) is 1. The van der Waals surface area contributed by atoms with Crippen LogP contribution in [0, 0.1) is 5.92 Å². The fraction of sp³-hybridized carbons (Fsp3) is 0.625. The van der Waals surface area contributed by atoms with Crippen LogP contribution in [0.25, 0.3) is 0 Å². The zero-order chi connectivity index (χ0) is 17.0. The predicted molar refractivity (Wildman–Crippen MR) is 91.8 cm³/mol. The summed E-state index contributed by atoms with van der Waals surface area (Å²) in [6, 6.07) is 0. The molecule has 0 radical (unpaired) electrons. The molecule has 1 aliphatic heterocycles. The maximum atomic E-state index is 12.3. The third kappa shape index (κ3) is 4.03. The molecule has 2 heterocycles. The second-order valence-corrected chi connectivity index (χ2v) is 6.98. The Morgan fingerprint density at radius 1 is 1.48 bits per heavy atom. The van der Waals surface area contributed by atoms with Gasteiger partial charge >= 0.3 is 5.97 Å². The molecule has 1 fully saturated rings. The summed E-state index contributed by atoms with van der Waals surface area (Å²) >= 11 is 1.16. The zero-order valence-corrected chi connectivity index (χ0v) is 14.8. The van der Waals surface area contributed by atoms with Crippen molar-refractivity contribution in [2.75, 3.05) is 32.5 Å². The van der Waals surface area contributed by atoms with Gasteiger partial charge in [-0.15, -0.1) is 11.3 Å². The SMILES string of the molecule is CCOC(=O)c1c(N)sc(C(=O)NC)c1CN1CCC[C@@H](C)C1. The third-order valence-corrected chi connectivity index (χ3v) is 5.13. The van der Waals surface area contributed by atoms with Gasteiger partial charge in [0.15, 0.2) is 0 Å². The van der Waals surface area contributed by atoms with Crippen molar-refractivity contribution in [2.45, 2.75) is 33.2 Å². The summed E-state index contributed by atoms with van der Waals surface area (Å²) < 4.78 is 5.12. The molecule has 128 valence electrons. The summed E-state index contributed by atoms with van der Waals surface area (Å²) in [5.74, 6) is -0.0389. The Balaban J connectivity index is 2.36. The fourth-order valence-corrected chi connectivity index (χ4v) is 4.03. The van der Waals surface area contributed by atoms with Crippen LogP contribution in [-0.2, 0) is 11.3 Å². The van der Waals surface area contributed by atoms with Crippen molar-refractivity contribution >= 4 is 28.2 Å². The van der Waals surface area contributed by atoms with Gasteiger partial charge in [-0.1, -0.05) is 6.92 Å². The molecule has 23 heavy (non-hydrogen) atoms. The molecule has 0 saturated carbocycles. The Morgan fingerprint density at radius 2 is 2.22 bits per heavy atom. The number of likely N-dealkylation sites (tertiary alicyclic amines) is 1. The molecule has 1 aromatic heterocycles. The number of amides is 1. The van der Waals surface area contributed by atoms with Gasteiger partial charge in [0, 0.05) is 25.7 Å². The van der Waals surface area contributed by atoms with Crippen molar-refractivity contribution in [1.82, 2.24) is 10.2 Å². The lowest BCUT2D eigenvalue weighted by Crippen LogP contribution is -2.34. The van der Waals surface area contributed by atoms with Gasteiger partial charge in [-0.05, 0) is 32.2 Å². The minimum Gasteiger partial charge on any atom is -0.462 e. The maximum absolute atomic E-state index is 12.3. The first-order valence-electron chi connectivity index (χ1n) is 8.00. The lowest BCUT2D eigenvalue weighted by Gasteiger charge is -2.31. The molecule has 2 rings (SSSR count). The maximum Gasteiger partial charge on any atom is 0.341 e. The number of ether oxygens (including phenoxy) is 1. The van der Waals surface area contributed by atoms with Gasteiger partial charge in [0.1, 0.15) is 5.00 Å². The fourth-order valence-electron chi connectivity index (χ4n) is 3.01. The number of nitrogens with one attached hydrogen (secondary N) is 1. The Labute approximate surface area is 141 Å². The zero-order valence-electron chi connectivity index (χ0n) is 14.0. The monoisotopic (exact) mass is 339 g/mol. The van der Waals surface area contributed by atoms with Crippen LogP contribution in [-0.4, -0.2) is 43.5 Å². The Kier molecular flexibility index (Phi) is 6.01. The number of nitrogens with two attached hydrogens (primary N) is 1. The molecule has 0 aromatic carbocycles. The number of hydrogen-bond donors (Lipinski definition) is 2. The highest BCUT2D eigenvalue weighted by Crippen LogP contribution is 2.33. The van der Waals surface area contributed by atoms with Crippen molar-refractivity contribution < 1.29 is 14.3 Å². The molecule has 0 unspecified atom stereocenters. The van der Waals surface area contributed by atoms with Gasteiger partial charge in [0.25, 0.3) is 5.91 Å². The molecule has 1 aliphatic rings. The van der Waals surface area contributed by atoms with E-state index in [9.17, 15) is 9.59 Å². The summed E-state index contributed by atoms with van der Waals surface area (Å²) in [6.45, 7) is 6.74. The third-order valence-electron chi connectivity index (χ3n) is 4.07. The van der Waals surface area contributed by atoms with Crippen LogP contribution in [0.1, 0.15) is 52.3 Å². The number of anilines is 1. The van der Waals surface area contributed by atoms with Crippen molar-refractivity contribution in [1.29, 1.82) is 0 Å². The minimum atomic E-state index is -0.448. The predicted octanol–water partition coefficient (Wildman–Crippen LogP) is 2.10. The van der Waals surface area contributed by atoms with E-state index in [1.54, 1.807) is 14.0 Å².